The molecule has 2 fully saturated rings. The zero-order valence-electron chi connectivity index (χ0n) is 20.5. The van der Waals surface area contributed by atoms with Gasteiger partial charge >= 0.3 is 0 Å². The van der Waals surface area contributed by atoms with Gasteiger partial charge in [0, 0.05) is 44.8 Å². The monoisotopic (exact) mass is 519 g/mol. The molecule has 0 radical (unpaired) electrons. The van der Waals surface area contributed by atoms with Crippen molar-refractivity contribution in [1.82, 2.24) is 13.5 Å². The summed E-state index contributed by atoms with van der Waals surface area (Å²) >= 11 is 0. The first-order chi connectivity index (χ1) is 16.5. The van der Waals surface area contributed by atoms with Crippen LogP contribution in [0, 0.1) is 19.8 Å². The summed E-state index contributed by atoms with van der Waals surface area (Å²) < 4.78 is 55.2. The summed E-state index contributed by atoms with van der Waals surface area (Å²) in [5.74, 6) is 0.226. The van der Waals surface area contributed by atoms with Crippen LogP contribution in [0.4, 0.5) is 0 Å². The Balaban J connectivity index is 1.48. The van der Waals surface area contributed by atoms with Gasteiger partial charge in [0.2, 0.25) is 20.0 Å². The molecule has 8 nitrogen and oxygen atoms in total. The molecule has 0 aromatic heterocycles. The number of sulfonamides is 2. The molecule has 2 aliphatic heterocycles. The van der Waals surface area contributed by atoms with Crippen molar-refractivity contribution in [2.45, 2.75) is 43.4 Å². The highest BCUT2D eigenvalue weighted by molar-refractivity contribution is 7.89. The molecule has 2 aliphatic rings. The third-order valence-corrected chi connectivity index (χ3v) is 10.8. The molecule has 190 valence electrons. The Kier molecular flexibility index (Phi) is 7.38. The summed E-state index contributed by atoms with van der Waals surface area (Å²) in [6.45, 7) is 7.62. The number of amides is 1. The normalized spacial score (nSPS) is 19.1. The van der Waals surface area contributed by atoms with Crippen LogP contribution < -0.4 is 0 Å². The predicted molar refractivity (Wildman–Crippen MR) is 134 cm³/mol. The van der Waals surface area contributed by atoms with Crippen LogP contribution in [0.3, 0.4) is 0 Å². The summed E-state index contributed by atoms with van der Waals surface area (Å²) in [7, 11) is -7.31. The third kappa shape index (κ3) is 5.30. The predicted octanol–water partition coefficient (Wildman–Crippen LogP) is 2.87. The van der Waals surface area contributed by atoms with E-state index in [1.165, 1.54) is 14.7 Å². The fraction of sp³-hybridized carbons (Fsp3) is 0.480. The van der Waals surface area contributed by atoms with Gasteiger partial charge in [-0.15, -0.1) is 0 Å². The van der Waals surface area contributed by atoms with Crippen LogP contribution in [0.25, 0.3) is 0 Å². The van der Waals surface area contributed by atoms with Gasteiger partial charge in [-0.1, -0.05) is 30.7 Å². The number of carbonyl (C=O) groups is 1. The maximum Gasteiger partial charge on any atom is 0.254 e. The van der Waals surface area contributed by atoms with Gasteiger partial charge in [-0.3, -0.25) is 4.79 Å². The Hall–Kier alpha value is -2.27. The van der Waals surface area contributed by atoms with Gasteiger partial charge < -0.3 is 4.90 Å². The molecule has 0 unspecified atom stereocenters. The van der Waals surface area contributed by atoms with Crippen LogP contribution in [0.1, 0.15) is 41.3 Å². The van der Waals surface area contributed by atoms with Crippen molar-refractivity contribution in [3.8, 4) is 0 Å². The van der Waals surface area contributed by atoms with Gasteiger partial charge in [0.25, 0.3) is 5.91 Å². The van der Waals surface area contributed by atoms with E-state index < -0.39 is 20.0 Å². The molecule has 2 aromatic carbocycles. The first-order valence-electron chi connectivity index (χ1n) is 12.0. The van der Waals surface area contributed by atoms with E-state index >= 15 is 0 Å². The fourth-order valence-corrected chi connectivity index (χ4v) is 7.45. The highest BCUT2D eigenvalue weighted by Gasteiger charge is 2.32. The van der Waals surface area contributed by atoms with Crippen LogP contribution in [0.5, 0.6) is 0 Å². The van der Waals surface area contributed by atoms with E-state index in [9.17, 15) is 21.6 Å². The minimum Gasteiger partial charge on any atom is -0.336 e. The number of rotatable bonds is 5. The van der Waals surface area contributed by atoms with Crippen molar-refractivity contribution in [3.05, 3.63) is 59.2 Å². The van der Waals surface area contributed by atoms with E-state index in [4.69, 9.17) is 0 Å². The van der Waals surface area contributed by atoms with E-state index in [0.29, 0.717) is 30.1 Å². The van der Waals surface area contributed by atoms with Gasteiger partial charge in [0.05, 0.1) is 9.79 Å². The summed E-state index contributed by atoms with van der Waals surface area (Å²) in [5, 5.41) is 0. The molecule has 2 aromatic rings. The van der Waals surface area contributed by atoms with Gasteiger partial charge in [0.1, 0.15) is 0 Å². The topological polar surface area (TPSA) is 95.1 Å². The SMILES string of the molecule is Cc1ccc(S(=O)(=O)N2CCN(C(=O)c3cc(S(=O)(=O)N4CCC(C)CC4)ccc3C)CC2)cc1. The highest BCUT2D eigenvalue weighted by atomic mass is 32.2. The zero-order valence-corrected chi connectivity index (χ0v) is 22.1. The summed E-state index contributed by atoms with van der Waals surface area (Å²) in [6, 6.07) is 11.4. The number of carbonyl (C=O) groups excluding carboxylic acids is 1. The molecule has 0 spiro atoms. The Bertz CT molecular complexity index is 1290. The fourth-order valence-electron chi connectivity index (χ4n) is 4.53. The lowest BCUT2D eigenvalue weighted by molar-refractivity contribution is 0.0697. The van der Waals surface area contributed by atoms with E-state index in [-0.39, 0.29) is 41.9 Å². The summed E-state index contributed by atoms with van der Waals surface area (Å²) in [5.41, 5.74) is 2.01. The average Bonchev–Trinajstić information content (AvgIpc) is 2.84. The number of nitrogens with zero attached hydrogens (tertiary/aromatic N) is 3. The number of hydrogen-bond acceptors (Lipinski definition) is 5. The first-order valence-corrected chi connectivity index (χ1v) is 14.8. The van der Waals surface area contributed by atoms with Gasteiger partial charge in [-0.25, -0.2) is 16.8 Å². The number of piperazine rings is 1. The molecule has 35 heavy (non-hydrogen) atoms. The summed E-state index contributed by atoms with van der Waals surface area (Å²) in [4.78, 5) is 15.3. The minimum atomic E-state index is -3.68. The van der Waals surface area contributed by atoms with E-state index in [2.05, 4.69) is 6.92 Å². The number of hydrogen-bond donors (Lipinski definition) is 0. The lowest BCUT2D eigenvalue weighted by Crippen LogP contribution is -2.50. The molecule has 0 N–H and O–H groups in total. The molecule has 2 heterocycles. The quantitative estimate of drug-likeness (QED) is 0.605. The zero-order chi connectivity index (χ0) is 25.4. The maximum absolute atomic E-state index is 13.3. The van der Waals surface area contributed by atoms with Crippen LogP contribution in [-0.2, 0) is 20.0 Å². The smallest absolute Gasteiger partial charge is 0.254 e. The maximum atomic E-state index is 13.3. The standard InChI is InChI=1S/C25H33N3O5S2/c1-19-4-7-22(8-5-19)34(30,31)28-16-14-26(15-17-28)25(29)24-18-23(9-6-21(24)3)35(32,33)27-12-10-20(2)11-13-27/h4-9,18,20H,10-17H2,1-3H3. The second kappa shape index (κ2) is 10.0. The second-order valence-electron chi connectivity index (χ2n) is 9.57. The van der Waals surface area contributed by atoms with Crippen LogP contribution in [0.2, 0.25) is 0 Å². The van der Waals surface area contributed by atoms with Crippen molar-refractivity contribution in [3.63, 3.8) is 0 Å². The van der Waals surface area contributed by atoms with Crippen LogP contribution >= 0.6 is 0 Å². The Labute approximate surface area is 208 Å². The van der Waals surface area contributed by atoms with E-state index in [1.807, 2.05) is 6.92 Å². The molecule has 10 heteroatoms. The third-order valence-electron chi connectivity index (χ3n) is 7.00. The number of benzene rings is 2. The van der Waals surface area contributed by atoms with Crippen LogP contribution in [-0.4, -0.2) is 75.5 Å². The van der Waals surface area contributed by atoms with E-state index in [1.54, 1.807) is 48.2 Å². The average molecular weight is 520 g/mol. The molecular weight excluding hydrogens is 486 g/mol. The molecule has 0 saturated carbocycles. The van der Waals surface area contributed by atoms with Crippen molar-refractivity contribution in [2.75, 3.05) is 39.3 Å². The molecule has 0 bridgehead atoms. The summed E-state index contributed by atoms with van der Waals surface area (Å²) in [6.07, 6.45) is 1.65. The lowest BCUT2D eigenvalue weighted by Gasteiger charge is -2.34. The van der Waals surface area contributed by atoms with Gasteiger partial charge in [-0.2, -0.15) is 8.61 Å². The largest absolute Gasteiger partial charge is 0.336 e. The Morgan fingerprint density at radius 1 is 0.743 bits per heavy atom. The van der Waals surface area contributed by atoms with Crippen molar-refractivity contribution >= 4 is 26.0 Å². The Morgan fingerprint density at radius 3 is 1.86 bits per heavy atom. The second-order valence-corrected chi connectivity index (χ2v) is 13.4. The van der Waals surface area contributed by atoms with Gasteiger partial charge in [-0.05, 0) is 62.4 Å². The molecule has 0 atom stereocenters. The molecule has 0 aliphatic carbocycles. The van der Waals surface area contributed by atoms with Gasteiger partial charge in [0.15, 0.2) is 0 Å². The van der Waals surface area contributed by atoms with E-state index in [0.717, 1.165) is 18.4 Å². The minimum absolute atomic E-state index is 0.126. The van der Waals surface area contributed by atoms with Crippen molar-refractivity contribution in [2.24, 2.45) is 5.92 Å². The molecule has 1 amide bonds. The van der Waals surface area contributed by atoms with Crippen molar-refractivity contribution in [1.29, 1.82) is 0 Å². The lowest BCUT2D eigenvalue weighted by atomic mass is 10.0. The number of piperidine rings is 1. The number of aryl methyl sites for hydroxylation is 2. The molecule has 2 saturated heterocycles. The molecular formula is C25H33N3O5S2. The highest BCUT2D eigenvalue weighted by Crippen LogP contribution is 2.26. The van der Waals surface area contributed by atoms with Crippen molar-refractivity contribution < 1.29 is 21.6 Å². The molecule has 4 rings (SSSR count). The Morgan fingerprint density at radius 2 is 1.26 bits per heavy atom. The first kappa shape index (κ1) is 25.8. The van der Waals surface area contributed by atoms with Crippen LogP contribution in [0.15, 0.2) is 52.3 Å².